The Bertz CT molecular complexity index is 919. The zero-order valence-electron chi connectivity index (χ0n) is 15.4. The molecule has 3 heterocycles. The van der Waals surface area contributed by atoms with E-state index in [9.17, 15) is 18.4 Å². The monoisotopic (exact) mass is 392 g/mol. The van der Waals surface area contributed by atoms with Gasteiger partial charge in [-0.1, -0.05) is 0 Å². The number of hydrogen-bond donors (Lipinski definition) is 0. The number of benzene rings is 1. The molecule has 0 aliphatic carbocycles. The number of carbonyl (C=O) groups is 1. The number of anilines is 1. The molecule has 0 N–H and O–H groups in total. The van der Waals surface area contributed by atoms with Gasteiger partial charge < -0.3 is 14.5 Å². The molecule has 1 unspecified atom stereocenters. The summed E-state index contributed by atoms with van der Waals surface area (Å²) in [6.07, 6.45) is -0.648. The number of piperazine rings is 1. The van der Waals surface area contributed by atoms with Crippen LogP contribution >= 0.6 is 0 Å². The van der Waals surface area contributed by atoms with Gasteiger partial charge in [0, 0.05) is 38.5 Å². The zero-order chi connectivity index (χ0) is 19.7. The highest BCUT2D eigenvalue weighted by Gasteiger charge is 2.30. The Kier molecular flexibility index (Phi) is 5.25. The number of halogens is 2. The second kappa shape index (κ2) is 7.83. The summed E-state index contributed by atoms with van der Waals surface area (Å²) < 4.78 is 31.4. The number of carbonyl (C=O) groups excluding carboxylic acids is 1. The smallest absolute Gasteiger partial charge is 0.261 e. The second-order valence-electron chi connectivity index (χ2n) is 7.17. The molecular weight excluding hydrogens is 370 g/mol. The Labute approximate surface area is 160 Å². The van der Waals surface area contributed by atoms with Gasteiger partial charge in [0.15, 0.2) is 0 Å². The number of ether oxygens (including phenoxy) is 1. The Morgan fingerprint density at radius 1 is 1.25 bits per heavy atom. The molecule has 1 amide bonds. The fourth-order valence-corrected chi connectivity index (χ4v) is 3.79. The molecule has 9 heteroatoms. The predicted octanol–water partition coefficient (Wildman–Crippen LogP) is 1.35. The summed E-state index contributed by atoms with van der Waals surface area (Å²) >= 11 is 0. The van der Waals surface area contributed by atoms with Crippen molar-refractivity contribution in [3.63, 3.8) is 0 Å². The topological polar surface area (TPSA) is 67.7 Å². The normalized spacial score (nSPS) is 20.3. The number of amides is 1. The molecule has 1 aromatic carbocycles. The lowest BCUT2D eigenvalue weighted by Crippen LogP contribution is -2.50. The van der Waals surface area contributed by atoms with E-state index in [0.717, 1.165) is 16.7 Å². The van der Waals surface area contributed by atoms with Crippen LogP contribution in [0.1, 0.15) is 6.42 Å². The van der Waals surface area contributed by atoms with Crippen molar-refractivity contribution in [3.05, 3.63) is 34.9 Å². The van der Waals surface area contributed by atoms with Gasteiger partial charge in [0.05, 0.1) is 36.3 Å². The van der Waals surface area contributed by atoms with E-state index >= 15 is 0 Å². The Balaban J connectivity index is 1.46. The first-order valence-corrected chi connectivity index (χ1v) is 9.42. The summed E-state index contributed by atoms with van der Waals surface area (Å²) in [7, 11) is 0. The maximum atomic E-state index is 12.6. The highest BCUT2D eigenvalue weighted by atomic mass is 19.3. The summed E-state index contributed by atoms with van der Waals surface area (Å²) in [5.74, 6) is 0.142. The summed E-state index contributed by atoms with van der Waals surface area (Å²) in [6.45, 7) is 3.15. The zero-order valence-corrected chi connectivity index (χ0v) is 15.4. The van der Waals surface area contributed by atoms with Gasteiger partial charge in [0.25, 0.3) is 12.0 Å². The van der Waals surface area contributed by atoms with E-state index in [1.807, 2.05) is 4.90 Å². The predicted molar refractivity (Wildman–Crippen MR) is 99.7 cm³/mol. The minimum absolute atomic E-state index is 0.0215. The molecule has 2 aromatic rings. The first-order valence-electron chi connectivity index (χ1n) is 9.42. The lowest BCUT2D eigenvalue weighted by molar-refractivity contribution is -0.135. The van der Waals surface area contributed by atoms with Gasteiger partial charge in [0.1, 0.15) is 0 Å². The molecule has 0 bridgehead atoms. The molecule has 0 saturated carbocycles. The molecular formula is C19H22F2N4O3. The van der Waals surface area contributed by atoms with Crippen LogP contribution in [0.15, 0.2) is 29.3 Å². The van der Waals surface area contributed by atoms with Crippen molar-refractivity contribution in [3.8, 4) is 0 Å². The first kappa shape index (κ1) is 18.8. The van der Waals surface area contributed by atoms with E-state index in [4.69, 9.17) is 4.74 Å². The highest BCUT2D eigenvalue weighted by Crippen LogP contribution is 2.22. The van der Waals surface area contributed by atoms with Crippen LogP contribution in [0.3, 0.4) is 0 Å². The van der Waals surface area contributed by atoms with Crippen LogP contribution in [0, 0.1) is 5.92 Å². The lowest BCUT2D eigenvalue weighted by atomic mass is 10.1. The summed E-state index contributed by atoms with van der Waals surface area (Å²) in [6, 6.07) is 5.24. The van der Waals surface area contributed by atoms with Crippen molar-refractivity contribution < 1.29 is 18.3 Å². The minimum atomic E-state index is -2.61. The highest BCUT2D eigenvalue weighted by molar-refractivity contribution is 5.82. The first-order chi connectivity index (χ1) is 13.5. The maximum absolute atomic E-state index is 12.6. The largest absolute Gasteiger partial charge is 0.381 e. The fourth-order valence-electron chi connectivity index (χ4n) is 3.79. The molecule has 2 fully saturated rings. The van der Waals surface area contributed by atoms with Gasteiger partial charge >= 0.3 is 0 Å². The van der Waals surface area contributed by atoms with Gasteiger partial charge in [0.2, 0.25) is 5.91 Å². The third-order valence-corrected chi connectivity index (χ3v) is 5.38. The van der Waals surface area contributed by atoms with E-state index in [2.05, 4.69) is 9.88 Å². The van der Waals surface area contributed by atoms with Gasteiger partial charge in [-0.2, -0.15) is 0 Å². The Morgan fingerprint density at radius 3 is 2.71 bits per heavy atom. The number of rotatable bonds is 4. The van der Waals surface area contributed by atoms with Gasteiger partial charge in [-0.3, -0.25) is 14.2 Å². The van der Waals surface area contributed by atoms with E-state index in [-0.39, 0.29) is 11.8 Å². The SMILES string of the molecule is O=C(C1CCOC1)N1CCN(c2ccc3c(=O)n(CC(F)F)cnc3c2)CC1. The van der Waals surface area contributed by atoms with Crippen molar-refractivity contribution in [2.45, 2.75) is 19.4 Å². The molecule has 2 saturated heterocycles. The second-order valence-corrected chi connectivity index (χ2v) is 7.17. The van der Waals surface area contributed by atoms with Crippen molar-refractivity contribution in [1.29, 1.82) is 0 Å². The van der Waals surface area contributed by atoms with Crippen molar-refractivity contribution in [2.75, 3.05) is 44.3 Å². The van der Waals surface area contributed by atoms with Crippen molar-refractivity contribution in [2.24, 2.45) is 5.92 Å². The average Bonchev–Trinajstić information content (AvgIpc) is 3.24. The number of aromatic nitrogens is 2. The van der Waals surface area contributed by atoms with E-state index in [1.165, 1.54) is 6.33 Å². The van der Waals surface area contributed by atoms with Crippen molar-refractivity contribution in [1.82, 2.24) is 14.5 Å². The minimum Gasteiger partial charge on any atom is -0.381 e. The van der Waals surface area contributed by atoms with Crippen LogP contribution in [0.4, 0.5) is 14.5 Å². The van der Waals surface area contributed by atoms with Crippen LogP contribution < -0.4 is 10.5 Å². The molecule has 1 aromatic heterocycles. The number of nitrogens with zero attached hydrogens (tertiary/aromatic N) is 4. The van der Waals surface area contributed by atoms with Gasteiger partial charge in [-0.25, -0.2) is 13.8 Å². The van der Waals surface area contributed by atoms with E-state index < -0.39 is 18.5 Å². The van der Waals surface area contributed by atoms with Crippen LogP contribution in [-0.2, 0) is 16.1 Å². The fraction of sp³-hybridized carbons (Fsp3) is 0.526. The summed E-state index contributed by atoms with van der Waals surface area (Å²) in [5.41, 5.74) is 0.919. The molecule has 4 rings (SSSR count). The third-order valence-electron chi connectivity index (χ3n) is 5.38. The summed E-state index contributed by atoms with van der Waals surface area (Å²) in [4.78, 5) is 33.0. The molecule has 7 nitrogen and oxygen atoms in total. The Hall–Kier alpha value is -2.55. The van der Waals surface area contributed by atoms with Gasteiger partial charge in [-0.05, 0) is 24.6 Å². The lowest BCUT2D eigenvalue weighted by Gasteiger charge is -2.37. The number of fused-ring (bicyclic) bond motifs is 1. The molecule has 2 aliphatic heterocycles. The Morgan fingerprint density at radius 2 is 2.04 bits per heavy atom. The molecule has 0 radical (unpaired) electrons. The molecule has 28 heavy (non-hydrogen) atoms. The van der Waals surface area contributed by atoms with Crippen LogP contribution in [0.2, 0.25) is 0 Å². The van der Waals surface area contributed by atoms with Crippen LogP contribution in [0.25, 0.3) is 10.9 Å². The van der Waals surface area contributed by atoms with Crippen LogP contribution in [0.5, 0.6) is 0 Å². The average molecular weight is 392 g/mol. The molecule has 150 valence electrons. The number of hydrogen-bond acceptors (Lipinski definition) is 5. The quantitative estimate of drug-likeness (QED) is 0.786. The summed E-state index contributed by atoms with van der Waals surface area (Å²) in [5, 5.41) is 0.321. The number of alkyl halides is 2. The maximum Gasteiger partial charge on any atom is 0.261 e. The third kappa shape index (κ3) is 3.71. The van der Waals surface area contributed by atoms with E-state index in [0.29, 0.717) is 50.3 Å². The van der Waals surface area contributed by atoms with Gasteiger partial charge in [-0.15, -0.1) is 0 Å². The standard InChI is InChI=1S/C19H22F2N4O3/c20-17(21)10-25-12-22-16-9-14(1-2-15(16)19(25)27)23-4-6-24(7-5-23)18(26)13-3-8-28-11-13/h1-2,9,12-13,17H,3-8,10-11H2. The molecule has 2 aliphatic rings. The van der Waals surface area contributed by atoms with Crippen molar-refractivity contribution >= 4 is 22.5 Å². The molecule has 0 spiro atoms. The molecule has 1 atom stereocenters. The van der Waals surface area contributed by atoms with Crippen LogP contribution in [-0.4, -0.2) is 66.2 Å². The van der Waals surface area contributed by atoms with E-state index in [1.54, 1.807) is 18.2 Å².